The Morgan fingerprint density at radius 2 is 2.38 bits per heavy atom. The molecule has 0 aromatic carbocycles. The molecule has 0 aliphatic rings. The first-order valence-corrected chi connectivity index (χ1v) is 5.95. The molecular weight excluding hydrogens is 202 g/mol. The Hall–Kier alpha value is -1.16. The molecule has 0 saturated carbocycles. The van der Waals surface area contributed by atoms with Gasteiger partial charge in [0.15, 0.2) is 0 Å². The zero-order valence-corrected chi connectivity index (χ0v) is 10.1. The zero-order chi connectivity index (χ0) is 11.8. The number of carbonyl (C=O) groups is 1. The van der Waals surface area contributed by atoms with Crippen molar-refractivity contribution in [2.45, 2.75) is 45.6 Å². The van der Waals surface area contributed by atoms with Crippen molar-refractivity contribution in [3.8, 4) is 0 Å². The van der Waals surface area contributed by atoms with Gasteiger partial charge in [0, 0.05) is 18.3 Å². The molecular formula is C12H21N3O. The van der Waals surface area contributed by atoms with Crippen LogP contribution >= 0.6 is 0 Å². The molecule has 90 valence electrons. The summed E-state index contributed by atoms with van der Waals surface area (Å²) in [6.07, 6.45) is 7.65. The van der Waals surface area contributed by atoms with Crippen LogP contribution in [0, 0.1) is 0 Å². The third-order valence-corrected chi connectivity index (χ3v) is 2.64. The predicted octanol–water partition coefficient (Wildman–Crippen LogP) is 1.69. The van der Waals surface area contributed by atoms with Crippen molar-refractivity contribution in [1.29, 1.82) is 0 Å². The normalized spacial score (nSPS) is 12.6. The largest absolute Gasteiger partial charge is 0.348 e. The molecule has 1 rings (SSSR count). The Morgan fingerprint density at radius 3 is 2.94 bits per heavy atom. The molecule has 0 unspecified atom stereocenters. The molecule has 1 aromatic rings. The Labute approximate surface area is 96.9 Å². The van der Waals surface area contributed by atoms with Crippen molar-refractivity contribution >= 4 is 5.78 Å². The van der Waals surface area contributed by atoms with Gasteiger partial charge in [-0.15, -0.1) is 0 Å². The number of nitrogens with one attached hydrogen (secondary N) is 2. The fourth-order valence-electron chi connectivity index (χ4n) is 1.63. The molecule has 0 saturated heterocycles. The minimum atomic E-state index is -0.0858. The highest BCUT2D eigenvalue weighted by Crippen LogP contribution is 2.00. The van der Waals surface area contributed by atoms with Gasteiger partial charge in [-0.1, -0.05) is 19.8 Å². The van der Waals surface area contributed by atoms with Crippen LogP contribution in [0.1, 0.15) is 38.8 Å². The van der Waals surface area contributed by atoms with E-state index in [1.165, 1.54) is 12.8 Å². The third-order valence-electron chi connectivity index (χ3n) is 2.64. The molecule has 0 fully saturated rings. The van der Waals surface area contributed by atoms with Crippen molar-refractivity contribution in [1.82, 2.24) is 15.3 Å². The molecule has 1 atom stereocenters. The van der Waals surface area contributed by atoms with E-state index in [0.717, 1.165) is 18.7 Å². The van der Waals surface area contributed by atoms with E-state index in [1.54, 1.807) is 19.4 Å². The fraction of sp³-hybridized carbons (Fsp3) is 0.667. The SMILES string of the molecule is CCCCCN[C@@H](Cc1cnc[nH]1)C(C)=O. The third kappa shape index (κ3) is 4.57. The van der Waals surface area contributed by atoms with Gasteiger partial charge in [-0.2, -0.15) is 0 Å². The summed E-state index contributed by atoms with van der Waals surface area (Å²) in [6, 6.07) is -0.0858. The Bertz CT molecular complexity index is 295. The van der Waals surface area contributed by atoms with Crippen molar-refractivity contribution in [3.63, 3.8) is 0 Å². The van der Waals surface area contributed by atoms with Crippen LogP contribution in [0.4, 0.5) is 0 Å². The van der Waals surface area contributed by atoms with Gasteiger partial charge in [-0.05, 0) is 19.9 Å². The minimum absolute atomic E-state index is 0.0858. The quantitative estimate of drug-likeness (QED) is 0.659. The van der Waals surface area contributed by atoms with Crippen LogP contribution in [-0.4, -0.2) is 28.3 Å². The lowest BCUT2D eigenvalue weighted by Crippen LogP contribution is -2.37. The minimum Gasteiger partial charge on any atom is -0.348 e. The number of nitrogens with zero attached hydrogens (tertiary/aromatic N) is 1. The summed E-state index contributed by atoms with van der Waals surface area (Å²) in [5, 5.41) is 3.29. The highest BCUT2D eigenvalue weighted by molar-refractivity contribution is 5.81. The Balaban J connectivity index is 2.33. The van der Waals surface area contributed by atoms with Crippen LogP contribution < -0.4 is 5.32 Å². The summed E-state index contributed by atoms with van der Waals surface area (Å²) < 4.78 is 0. The lowest BCUT2D eigenvalue weighted by molar-refractivity contribution is -0.119. The second kappa shape index (κ2) is 7.17. The van der Waals surface area contributed by atoms with Gasteiger partial charge in [-0.25, -0.2) is 4.98 Å². The molecule has 2 N–H and O–H groups in total. The second-order valence-electron chi connectivity index (χ2n) is 4.11. The van der Waals surface area contributed by atoms with E-state index >= 15 is 0 Å². The maximum Gasteiger partial charge on any atom is 0.147 e. The molecule has 4 heteroatoms. The average molecular weight is 223 g/mol. The van der Waals surface area contributed by atoms with E-state index < -0.39 is 0 Å². The molecule has 4 nitrogen and oxygen atoms in total. The Kier molecular flexibility index (Phi) is 5.78. The van der Waals surface area contributed by atoms with E-state index in [2.05, 4.69) is 22.2 Å². The number of ketones is 1. The number of aromatic amines is 1. The second-order valence-corrected chi connectivity index (χ2v) is 4.11. The first-order chi connectivity index (χ1) is 7.74. The van der Waals surface area contributed by atoms with Gasteiger partial charge in [-0.3, -0.25) is 4.79 Å². The zero-order valence-electron chi connectivity index (χ0n) is 10.1. The molecule has 0 bridgehead atoms. The molecule has 16 heavy (non-hydrogen) atoms. The Morgan fingerprint density at radius 1 is 1.56 bits per heavy atom. The molecule has 0 aliphatic carbocycles. The highest BCUT2D eigenvalue weighted by Gasteiger charge is 2.14. The summed E-state index contributed by atoms with van der Waals surface area (Å²) in [5.41, 5.74) is 1.00. The molecule has 0 aliphatic heterocycles. The lowest BCUT2D eigenvalue weighted by Gasteiger charge is -2.14. The van der Waals surface area contributed by atoms with Crippen LogP contribution in [0.3, 0.4) is 0 Å². The number of unbranched alkanes of at least 4 members (excludes halogenated alkanes) is 2. The number of hydrogen-bond donors (Lipinski definition) is 2. The van der Waals surface area contributed by atoms with Gasteiger partial charge >= 0.3 is 0 Å². The fourth-order valence-corrected chi connectivity index (χ4v) is 1.63. The van der Waals surface area contributed by atoms with Crippen molar-refractivity contribution < 1.29 is 4.79 Å². The van der Waals surface area contributed by atoms with Crippen LogP contribution in [0.5, 0.6) is 0 Å². The van der Waals surface area contributed by atoms with Gasteiger partial charge in [0.25, 0.3) is 0 Å². The van der Waals surface area contributed by atoms with E-state index in [1.807, 2.05) is 0 Å². The molecule has 0 radical (unpaired) electrons. The standard InChI is InChI=1S/C12H21N3O/c1-3-4-5-6-14-12(10(2)16)7-11-8-13-9-15-11/h8-9,12,14H,3-7H2,1-2H3,(H,13,15)/t12-/m0/s1. The summed E-state index contributed by atoms with van der Waals surface area (Å²) >= 11 is 0. The maximum atomic E-state index is 11.4. The maximum absolute atomic E-state index is 11.4. The number of imidazole rings is 1. The van der Waals surface area contributed by atoms with Crippen LogP contribution in [-0.2, 0) is 11.2 Å². The van der Waals surface area contributed by atoms with Crippen LogP contribution in [0.15, 0.2) is 12.5 Å². The van der Waals surface area contributed by atoms with E-state index in [9.17, 15) is 4.79 Å². The lowest BCUT2D eigenvalue weighted by atomic mass is 10.1. The van der Waals surface area contributed by atoms with Crippen LogP contribution in [0.25, 0.3) is 0 Å². The molecule has 0 spiro atoms. The predicted molar refractivity (Wildman–Crippen MR) is 64.3 cm³/mol. The molecule has 0 amide bonds. The summed E-state index contributed by atoms with van der Waals surface area (Å²) in [4.78, 5) is 18.4. The van der Waals surface area contributed by atoms with Gasteiger partial charge in [0.05, 0.1) is 12.4 Å². The van der Waals surface area contributed by atoms with E-state index in [4.69, 9.17) is 0 Å². The number of Topliss-reactive ketones (excluding diaryl/α,β-unsaturated/α-hetero) is 1. The van der Waals surface area contributed by atoms with Crippen molar-refractivity contribution in [3.05, 3.63) is 18.2 Å². The topological polar surface area (TPSA) is 57.8 Å². The summed E-state index contributed by atoms with van der Waals surface area (Å²) in [7, 11) is 0. The first-order valence-electron chi connectivity index (χ1n) is 5.95. The number of aromatic nitrogens is 2. The van der Waals surface area contributed by atoms with Crippen LogP contribution in [0.2, 0.25) is 0 Å². The van der Waals surface area contributed by atoms with Crippen molar-refractivity contribution in [2.24, 2.45) is 0 Å². The molecule has 1 heterocycles. The van der Waals surface area contributed by atoms with E-state index in [0.29, 0.717) is 6.42 Å². The highest BCUT2D eigenvalue weighted by atomic mass is 16.1. The molecule has 1 aromatic heterocycles. The smallest absolute Gasteiger partial charge is 0.147 e. The monoisotopic (exact) mass is 223 g/mol. The van der Waals surface area contributed by atoms with Gasteiger partial charge in [0.1, 0.15) is 5.78 Å². The average Bonchev–Trinajstić information content (AvgIpc) is 2.75. The van der Waals surface area contributed by atoms with Crippen molar-refractivity contribution in [2.75, 3.05) is 6.54 Å². The number of hydrogen-bond acceptors (Lipinski definition) is 3. The van der Waals surface area contributed by atoms with Gasteiger partial charge < -0.3 is 10.3 Å². The summed E-state index contributed by atoms with van der Waals surface area (Å²) in [5.74, 6) is 0.186. The number of H-pyrrole nitrogens is 1. The van der Waals surface area contributed by atoms with E-state index in [-0.39, 0.29) is 11.8 Å². The first kappa shape index (κ1) is 12.9. The summed E-state index contributed by atoms with van der Waals surface area (Å²) in [6.45, 7) is 4.72. The number of rotatable bonds is 8. The van der Waals surface area contributed by atoms with Gasteiger partial charge in [0.2, 0.25) is 0 Å². The number of carbonyl (C=O) groups excluding carboxylic acids is 1.